The van der Waals surface area contributed by atoms with Crippen molar-refractivity contribution in [2.45, 2.75) is 32.1 Å². The van der Waals surface area contributed by atoms with Gasteiger partial charge in [-0.3, -0.25) is 4.79 Å². The highest BCUT2D eigenvalue weighted by Crippen LogP contribution is 2.27. The lowest BCUT2D eigenvalue weighted by Gasteiger charge is -2.39. The second-order valence-electron chi connectivity index (χ2n) is 5.85. The smallest absolute Gasteiger partial charge is 0.165 e. The monoisotopic (exact) mass is 329 g/mol. The van der Waals surface area contributed by atoms with Crippen molar-refractivity contribution in [3.8, 4) is 0 Å². The van der Waals surface area contributed by atoms with E-state index in [2.05, 4.69) is 4.90 Å². The number of nitrogens with zero attached hydrogens (tertiary/aromatic N) is 1. The summed E-state index contributed by atoms with van der Waals surface area (Å²) in [7, 11) is 0. The van der Waals surface area contributed by atoms with E-state index in [0.29, 0.717) is 24.6 Å². The maximum atomic E-state index is 12.3. The number of benzene rings is 2. The first-order chi connectivity index (χ1) is 11.1. The highest BCUT2D eigenvalue weighted by atomic mass is 35.5. The van der Waals surface area contributed by atoms with Crippen molar-refractivity contribution in [2.24, 2.45) is 0 Å². The Kier molecular flexibility index (Phi) is 4.99. The third kappa shape index (κ3) is 3.74. The van der Waals surface area contributed by atoms with Gasteiger partial charge in [-0.05, 0) is 30.7 Å². The quantitative estimate of drug-likeness (QED) is 0.846. The van der Waals surface area contributed by atoms with Crippen LogP contribution in [0, 0.1) is 0 Å². The summed E-state index contributed by atoms with van der Waals surface area (Å²) in [6.45, 7) is 3.18. The molecule has 2 aromatic carbocycles. The van der Waals surface area contributed by atoms with Gasteiger partial charge in [0, 0.05) is 23.7 Å². The predicted molar refractivity (Wildman–Crippen MR) is 92.9 cm³/mol. The predicted octanol–water partition coefficient (Wildman–Crippen LogP) is 4.09. The van der Waals surface area contributed by atoms with Crippen LogP contribution >= 0.6 is 11.6 Å². The number of anilines is 1. The molecule has 0 N–H and O–H groups in total. The molecule has 0 aliphatic carbocycles. The van der Waals surface area contributed by atoms with Crippen molar-refractivity contribution in [1.82, 2.24) is 0 Å². The average molecular weight is 330 g/mol. The van der Waals surface area contributed by atoms with E-state index in [1.165, 1.54) is 0 Å². The Hall–Kier alpha value is -1.84. The van der Waals surface area contributed by atoms with E-state index in [9.17, 15) is 4.79 Å². The Balaban J connectivity index is 1.73. The number of hydrogen-bond acceptors (Lipinski definition) is 3. The molecule has 0 spiro atoms. The first-order valence-electron chi connectivity index (χ1n) is 7.85. The number of ketones is 1. The lowest BCUT2D eigenvalue weighted by atomic mass is 9.97. The van der Waals surface area contributed by atoms with Crippen LogP contribution in [0.15, 0.2) is 54.6 Å². The van der Waals surface area contributed by atoms with Crippen molar-refractivity contribution in [3.05, 3.63) is 65.2 Å². The fraction of sp³-hybridized carbons (Fsp3) is 0.316. The summed E-state index contributed by atoms with van der Waals surface area (Å²) in [4.78, 5) is 14.5. The van der Waals surface area contributed by atoms with Gasteiger partial charge < -0.3 is 9.64 Å². The number of halogens is 1. The summed E-state index contributed by atoms with van der Waals surface area (Å²) < 4.78 is 5.95. The SMILES string of the molecule is CC1C(OCc2ccccc2)C(=O)CCN1c1cccc(Cl)c1. The number of hydrogen-bond donors (Lipinski definition) is 0. The fourth-order valence-electron chi connectivity index (χ4n) is 3.02. The van der Waals surface area contributed by atoms with E-state index in [4.69, 9.17) is 16.3 Å². The van der Waals surface area contributed by atoms with Gasteiger partial charge in [0.2, 0.25) is 0 Å². The third-order valence-corrected chi connectivity index (χ3v) is 4.49. The molecule has 0 aromatic heterocycles. The Labute approximate surface area is 141 Å². The summed E-state index contributed by atoms with van der Waals surface area (Å²) in [5.74, 6) is 0.173. The summed E-state index contributed by atoms with van der Waals surface area (Å²) in [6.07, 6.45) is 0.0824. The molecule has 0 amide bonds. The summed E-state index contributed by atoms with van der Waals surface area (Å²) in [5.41, 5.74) is 2.11. The topological polar surface area (TPSA) is 29.5 Å². The van der Waals surface area contributed by atoms with Crippen molar-refractivity contribution < 1.29 is 9.53 Å². The molecule has 1 aliphatic rings. The molecule has 0 saturated carbocycles. The minimum Gasteiger partial charge on any atom is -0.365 e. The second-order valence-corrected chi connectivity index (χ2v) is 6.28. The summed E-state index contributed by atoms with van der Waals surface area (Å²) in [6, 6.07) is 17.7. The number of carbonyl (C=O) groups is 1. The average Bonchev–Trinajstić information content (AvgIpc) is 2.55. The highest BCUT2D eigenvalue weighted by Gasteiger charge is 2.35. The number of Topliss-reactive ketones (excluding diaryl/α,β-unsaturated/α-hetero) is 1. The number of carbonyl (C=O) groups excluding carboxylic acids is 1. The minimum absolute atomic E-state index is 0.0153. The van der Waals surface area contributed by atoms with Gasteiger partial charge in [0.1, 0.15) is 6.10 Å². The van der Waals surface area contributed by atoms with Gasteiger partial charge in [0.25, 0.3) is 0 Å². The molecule has 120 valence electrons. The maximum Gasteiger partial charge on any atom is 0.165 e. The van der Waals surface area contributed by atoms with Gasteiger partial charge in [-0.25, -0.2) is 0 Å². The molecular weight excluding hydrogens is 310 g/mol. The molecule has 1 heterocycles. The molecule has 4 heteroatoms. The van der Waals surface area contributed by atoms with Crippen LogP contribution in [0.25, 0.3) is 0 Å². The lowest BCUT2D eigenvalue weighted by molar-refractivity contribution is -0.134. The lowest BCUT2D eigenvalue weighted by Crippen LogP contribution is -2.52. The third-order valence-electron chi connectivity index (χ3n) is 4.26. The zero-order valence-corrected chi connectivity index (χ0v) is 13.9. The number of piperidine rings is 1. The second kappa shape index (κ2) is 7.16. The van der Waals surface area contributed by atoms with Crippen LogP contribution in [0.5, 0.6) is 0 Å². The molecule has 1 saturated heterocycles. The molecule has 2 unspecified atom stereocenters. The van der Waals surface area contributed by atoms with Gasteiger partial charge in [0.15, 0.2) is 5.78 Å². The van der Waals surface area contributed by atoms with Gasteiger partial charge in [-0.15, -0.1) is 0 Å². The fourth-order valence-corrected chi connectivity index (χ4v) is 3.20. The van der Waals surface area contributed by atoms with Crippen LogP contribution in [-0.4, -0.2) is 24.5 Å². The van der Waals surface area contributed by atoms with Crippen molar-refractivity contribution >= 4 is 23.1 Å². The van der Waals surface area contributed by atoms with Crippen molar-refractivity contribution in [2.75, 3.05) is 11.4 Å². The maximum absolute atomic E-state index is 12.3. The normalized spacial score (nSPS) is 21.5. The molecule has 23 heavy (non-hydrogen) atoms. The van der Waals surface area contributed by atoms with Crippen LogP contribution < -0.4 is 4.90 Å². The first-order valence-corrected chi connectivity index (χ1v) is 8.23. The molecule has 2 atom stereocenters. The van der Waals surface area contributed by atoms with Crippen LogP contribution in [0.3, 0.4) is 0 Å². The molecule has 0 bridgehead atoms. The van der Waals surface area contributed by atoms with E-state index >= 15 is 0 Å². The van der Waals surface area contributed by atoms with Crippen LogP contribution in [-0.2, 0) is 16.1 Å². The van der Waals surface area contributed by atoms with Crippen molar-refractivity contribution in [3.63, 3.8) is 0 Å². The molecule has 0 radical (unpaired) electrons. The van der Waals surface area contributed by atoms with E-state index in [0.717, 1.165) is 11.3 Å². The Morgan fingerprint density at radius 1 is 1.17 bits per heavy atom. The zero-order valence-electron chi connectivity index (χ0n) is 13.1. The molecular formula is C19H20ClNO2. The first kappa shape index (κ1) is 16.0. The van der Waals surface area contributed by atoms with Crippen LogP contribution in [0.4, 0.5) is 5.69 Å². The van der Waals surface area contributed by atoms with Gasteiger partial charge in [0.05, 0.1) is 12.6 Å². The van der Waals surface area contributed by atoms with E-state index in [1.54, 1.807) is 0 Å². The minimum atomic E-state index is -0.414. The zero-order chi connectivity index (χ0) is 16.2. The molecule has 3 nitrogen and oxygen atoms in total. The Morgan fingerprint density at radius 2 is 1.96 bits per heavy atom. The summed E-state index contributed by atoms with van der Waals surface area (Å²) in [5, 5.41) is 0.702. The number of ether oxygens (including phenoxy) is 1. The van der Waals surface area contributed by atoms with Crippen LogP contribution in [0.1, 0.15) is 18.9 Å². The Morgan fingerprint density at radius 3 is 2.70 bits per heavy atom. The van der Waals surface area contributed by atoms with E-state index in [1.807, 2.05) is 61.5 Å². The van der Waals surface area contributed by atoms with Crippen molar-refractivity contribution in [1.29, 1.82) is 0 Å². The van der Waals surface area contributed by atoms with E-state index in [-0.39, 0.29) is 11.8 Å². The van der Waals surface area contributed by atoms with Gasteiger partial charge >= 0.3 is 0 Å². The highest BCUT2D eigenvalue weighted by molar-refractivity contribution is 6.30. The van der Waals surface area contributed by atoms with Gasteiger partial charge in [-0.2, -0.15) is 0 Å². The molecule has 3 rings (SSSR count). The largest absolute Gasteiger partial charge is 0.365 e. The van der Waals surface area contributed by atoms with E-state index < -0.39 is 6.10 Å². The number of rotatable bonds is 4. The molecule has 1 aliphatic heterocycles. The Bertz CT molecular complexity index is 674. The van der Waals surface area contributed by atoms with Crippen LogP contribution in [0.2, 0.25) is 5.02 Å². The summed E-state index contributed by atoms with van der Waals surface area (Å²) >= 11 is 6.09. The van der Waals surface area contributed by atoms with Gasteiger partial charge in [-0.1, -0.05) is 48.0 Å². The molecule has 2 aromatic rings. The molecule has 1 fully saturated rings. The standard InChI is InChI=1S/C19H20ClNO2/c1-14-19(23-13-15-6-3-2-4-7-15)18(22)10-11-21(14)17-9-5-8-16(20)12-17/h2-9,12,14,19H,10-11,13H2,1H3.